The molecule has 0 heterocycles. The second-order valence-electron chi connectivity index (χ2n) is 10.2. The molecule has 2 amide bonds. The number of hydrogen-bond acceptors (Lipinski definition) is 5. The summed E-state index contributed by atoms with van der Waals surface area (Å²) in [5, 5.41) is 3.10. The van der Waals surface area contributed by atoms with Crippen molar-refractivity contribution in [1.82, 2.24) is 10.2 Å². The fraction of sp³-hybridized carbons (Fsp3) is 0.355. The van der Waals surface area contributed by atoms with E-state index < -0.39 is 28.5 Å². The van der Waals surface area contributed by atoms with Crippen LogP contribution >= 0.6 is 11.6 Å². The van der Waals surface area contributed by atoms with Gasteiger partial charge >= 0.3 is 0 Å². The van der Waals surface area contributed by atoms with Crippen LogP contribution in [0.15, 0.2) is 71.6 Å². The zero-order chi connectivity index (χ0) is 30.3. The number of halogens is 1. The molecule has 0 fully saturated rings. The van der Waals surface area contributed by atoms with E-state index in [1.807, 2.05) is 58.9 Å². The van der Waals surface area contributed by atoms with Gasteiger partial charge in [0.05, 0.1) is 22.7 Å². The van der Waals surface area contributed by atoms with Crippen LogP contribution in [-0.4, -0.2) is 50.9 Å². The van der Waals surface area contributed by atoms with Crippen molar-refractivity contribution in [1.29, 1.82) is 0 Å². The van der Waals surface area contributed by atoms with Crippen LogP contribution < -0.4 is 14.4 Å². The molecule has 0 radical (unpaired) electrons. The lowest BCUT2D eigenvalue weighted by atomic mass is 10.1. The summed E-state index contributed by atoms with van der Waals surface area (Å²) >= 11 is 6.38. The number of carbonyl (C=O) groups is 2. The maximum absolute atomic E-state index is 14.2. The second kappa shape index (κ2) is 13.9. The number of nitrogens with one attached hydrogen (secondary N) is 1. The summed E-state index contributed by atoms with van der Waals surface area (Å²) in [6, 6.07) is 17.6. The molecular weight excluding hydrogens is 562 g/mol. The molecule has 8 nitrogen and oxygen atoms in total. The van der Waals surface area contributed by atoms with Gasteiger partial charge in [-0.15, -0.1) is 0 Å². The van der Waals surface area contributed by atoms with Gasteiger partial charge in [-0.25, -0.2) is 8.42 Å². The Labute approximate surface area is 248 Å². The summed E-state index contributed by atoms with van der Waals surface area (Å²) in [6.07, 6.45) is 0.343. The summed E-state index contributed by atoms with van der Waals surface area (Å²) in [5.74, 6) is -0.460. The van der Waals surface area contributed by atoms with Gasteiger partial charge in [0, 0.05) is 12.6 Å². The molecule has 0 spiro atoms. The number of ether oxygens (including phenoxy) is 1. The molecule has 1 N–H and O–H groups in total. The second-order valence-corrected chi connectivity index (χ2v) is 12.4. The average Bonchev–Trinajstić information content (AvgIpc) is 2.92. The predicted molar refractivity (Wildman–Crippen MR) is 163 cm³/mol. The summed E-state index contributed by atoms with van der Waals surface area (Å²) in [7, 11) is -2.74. The average molecular weight is 600 g/mol. The van der Waals surface area contributed by atoms with Gasteiger partial charge in [-0.05, 0) is 75.6 Å². The van der Waals surface area contributed by atoms with E-state index in [4.69, 9.17) is 16.3 Å². The van der Waals surface area contributed by atoms with E-state index in [1.165, 1.54) is 36.3 Å². The lowest BCUT2D eigenvalue weighted by molar-refractivity contribution is -0.140. The monoisotopic (exact) mass is 599 g/mol. The van der Waals surface area contributed by atoms with E-state index in [0.29, 0.717) is 12.2 Å². The zero-order valence-corrected chi connectivity index (χ0v) is 25.9. The molecule has 0 saturated heterocycles. The molecule has 41 heavy (non-hydrogen) atoms. The molecule has 0 bridgehead atoms. The highest BCUT2D eigenvalue weighted by Gasteiger charge is 2.34. The molecule has 0 aliphatic rings. The summed E-state index contributed by atoms with van der Waals surface area (Å²) in [6.45, 7) is 8.90. The quantitative estimate of drug-likeness (QED) is 0.297. The molecule has 0 aromatic heterocycles. The Bertz CT molecular complexity index is 1480. The van der Waals surface area contributed by atoms with E-state index >= 15 is 0 Å². The normalized spacial score (nSPS) is 12.1. The van der Waals surface area contributed by atoms with Crippen molar-refractivity contribution in [3.8, 4) is 5.75 Å². The molecule has 3 rings (SSSR count). The highest BCUT2D eigenvalue weighted by atomic mass is 35.5. The molecule has 220 valence electrons. The third-order valence-electron chi connectivity index (χ3n) is 6.73. The molecule has 1 unspecified atom stereocenters. The smallest absolute Gasteiger partial charge is 0.264 e. The van der Waals surface area contributed by atoms with E-state index in [2.05, 4.69) is 5.32 Å². The number of nitrogens with zero attached hydrogens (tertiary/aromatic N) is 2. The fourth-order valence-electron chi connectivity index (χ4n) is 4.45. The third-order valence-corrected chi connectivity index (χ3v) is 8.81. The lowest BCUT2D eigenvalue weighted by Crippen LogP contribution is -2.53. The predicted octanol–water partition coefficient (Wildman–Crippen LogP) is 5.49. The fourth-order valence-corrected chi connectivity index (χ4v) is 6.11. The first-order chi connectivity index (χ1) is 19.4. The van der Waals surface area contributed by atoms with Gasteiger partial charge in [0.2, 0.25) is 11.8 Å². The molecule has 0 saturated carbocycles. The lowest BCUT2D eigenvalue weighted by Gasteiger charge is -2.34. The number of hydrogen-bond donors (Lipinski definition) is 1. The van der Waals surface area contributed by atoms with Gasteiger partial charge in [0.1, 0.15) is 18.3 Å². The van der Waals surface area contributed by atoms with Crippen molar-refractivity contribution in [2.75, 3.05) is 18.0 Å². The van der Waals surface area contributed by atoms with Crippen molar-refractivity contribution in [2.45, 2.75) is 64.6 Å². The highest BCUT2D eigenvalue weighted by Crippen LogP contribution is 2.32. The summed E-state index contributed by atoms with van der Waals surface area (Å²) < 4.78 is 34.3. The molecule has 3 aromatic carbocycles. The minimum Gasteiger partial charge on any atom is -0.495 e. The Balaban J connectivity index is 2.11. The molecule has 10 heteroatoms. The number of amides is 2. The number of carbonyl (C=O) groups excluding carboxylic acids is 2. The van der Waals surface area contributed by atoms with Crippen molar-refractivity contribution in [3.05, 3.63) is 88.4 Å². The zero-order valence-electron chi connectivity index (χ0n) is 24.3. The van der Waals surface area contributed by atoms with Crippen LogP contribution in [0.1, 0.15) is 43.9 Å². The highest BCUT2D eigenvalue weighted by molar-refractivity contribution is 7.92. The molecule has 0 aliphatic heterocycles. The van der Waals surface area contributed by atoms with Crippen molar-refractivity contribution < 1.29 is 22.7 Å². The minimum atomic E-state index is -4.20. The van der Waals surface area contributed by atoms with Crippen molar-refractivity contribution in [2.24, 2.45) is 0 Å². The number of aryl methyl sites for hydroxylation is 2. The Morgan fingerprint density at radius 3 is 2.22 bits per heavy atom. The molecular formula is C31H38ClN3O5S. The number of rotatable bonds is 12. The Kier molecular flexibility index (Phi) is 10.8. The number of methoxy groups -OCH3 is 1. The summed E-state index contributed by atoms with van der Waals surface area (Å²) in [4.78, 5) is 28.9. The van der Waals surface area contributed by atoms with Crippen LogP contribution in [0.5, 0.6) is 5.75 Å². The van der Waals surface area contributed by atoms with Gasteiger partial charge in [-0.2, -0.15) is 0 Å². The SMILES string of the molecule is CCC(C(=O)NC(C)C)N(Cc1ccccc1C)C(=O)CN(c1ccc(OC)c(Cl)c1)S(=O)(=O)c1ccc(C)cc1. The third kappa shape index (κ3) is 7.80. The van der Waals surface area contributed by atoms with Gasteiger partial charge < -0.3 is 15.0 Å². The van der Waals surface area contributed by atoms with Crippen LogP contribution in [0.3, 0.4) is 0 Å². The van der Waals surface area contributed by atoms with Crippen LogP contribution in [-0.2, 0) is 26.2 Å². The van der Waals surface area contributed by atoms with Crippen LogP contribution in [0.2, 0.25) is 5.02 Å². The first-order valence-electron chi connectivity index (χ1n) is 13.5. The Morgan fingerprint density at radius 2 is 1.66 bits per heavy atom. The minimum absolute atomic E-state index is 0.0258. The van der Waals surface area contributed by atoms with Gasteiger partial charge in [0.15, 0.2) is 0 Å². The number of benzene rings is 3. The number of sulfonamides is 1. The van der Waals surface area contributed by atoms with Gasteiger partial charge in [-0.1, -0.05) is 60.5 Å². The molecule has 0 aliphatic carbocycles. The van der Waals surface area contributed by atoms with Gasteiger partial charge in [0.25, 0.3) is 10.0 Å². The van der Waals surface area contributed by atoms with Crippen molar-refractivity contribution in [3.63, 3.8) is 0 Å². The molecule has 1 atom stereocenters. The van der Waals surface area contributed by atoms with Crippen LogP contribution in [0.4, 0.5) is 5.69 Å². The molecule has 3 aromatic rings. The maximum atomic E-state index is 14.2. The maximum Gasteiger partial charge on any atom is 0.264 e. The van der Waals surface area contributed by atoms with Gasteiger partial charge in [-0.3, -0.25) is 13.9 Å². The topological polar surface area (TPSA) is 96.0 Å². The van der Waals surface area contributed by atoms with Crippen LogP contribution in [0.25, 0.3) is 0 Å². The van der Waals surface area contributed by atoms with E-state index in [-0.39, 0.29) is 34.1 Å². The largest absolute Gasteiger partial charge is 0.495 e. The van der Waals surface area contributed by atoms with E-state index in [9.17, 15) is 18.0 Å². The van der Waals surface area contributed by atoms with Crippen molar-refractivity contribution >= 4 is 39.1 Å². The standard InChI is InChI=1S/C31H38ClN3O5S/c1-7-28(31(37)33-21(2)3)34(19-24-11-9-8-10-23(24)5)30(36)20-35(25-14-17-29(40-6)27(32)18-25)41(38,39)26-15-12-22(4)13-16-26/h8-18,21,28H,7,19-20H2,1-6H3,(H,33,37). The number of anilines is 1. The first kappa shape index (κ1) is 32.0. The van der Waals surface area contributed by atoms with Crippen LogP contribution in [0, 0.1) is 13.8 Å². The Hall–Kier alpha value is -3.56. The Morgan fingerprint density at radius 1 is 1.00 bits per heavy atom. The van der Waals surface area contributed by atoms with E-state index in [0.717, 1.165) is 21.0 Å². The van der Waals surface area contributed by atoms with E-state index in [1.54, 1.807) is 18.2 Å². The summed E-state index contributed by atoms with van der Waals surface area (Å²) in [5.41, 5.74) is 2.90. The first-order valence-corrected chi connectivity index (χ1v) is 15.3.